The van der Waals surface area contributed by atoms with Crippen molar-refractivity contribution in [3.8, 4) is 0 Å². The van der Waals surface area contributed by atoms with Crippen molar-refractivity contribution in [2.45, 2.75) is 26.0 Å². The number of nitrogens with zero attached hydrogens (tertiary/aromatic N) is 1. The number of carbonyl (C=O) groups is 1. The van der Waals surface area contributed by atoms with Gasteiger partial charge in [-0.2, -0.15) is 0 Å². The average Bonchev–Trinajstić information content (AvgIpc) is 2.47. The molecule has 0 saturated carbocycles. The third-order valence-electron chi connectivity index (χ3n) is 2.35. The average molecular weight is 227 g/mol. The Labute approximate surface area is 95.0 Å². The second kappa shape index (κ2) is 5.35. The van der Waals surface area contributed by atoms with E-state index in [0.717, 1.165) is 11.4 Å². The zero-order valence-corrected chi connectivity index (χ0v) is 10.4. The minimum atomic E-state index is -0.161. The summed E-state index contributed by atoms with van der Waals surface area (Å²) < 4.78 is 5.05. The lowest BCUT2D eigenvalue weighted by molar-refractivity contribution is -0.142. The van der Waals surface area contributed by atoms with Crippen molar-refractivity contribution < 1.29 is 9.53 Å². The molecule has 2 unspecified atom stereocenters. The van der Waals surface area contributed by atoms with Gasteiger partial charge in [-0.3, -0.25) is 9.79 Å². The highest BCUT2D eigenvalue weighted by Gasteiger charge is 2.31. The van der Waals surface area contributed by atoms with Crippen LogP contribution in [0.25, 0.3) is 0 Å². The normalized spacial score (nSPS) is 22.0. The molecule has 0 bridgehead atoms. The molecule has 0 aromatic carbocycles. The minimum absolute atomic E-state index is 0.0963. The van der Waals surface area contributed by atoms with Crippen molar-refractivity contribution in [1.82, 2.24) is 0 Å². The molecule has 0 aliphatic carbocycles. The van der Waals surface area contributed by atoms with Gasteiger partial charge in [0.15, 0.2) is 0 Å². The van der Waals surface area contributed by atoms with Crippen molar-refractivity contribution in [3.05, 3.63) is 11.8 Å². The number of carbonyl (C=O) groups excluding carboxylic acids is 1. The predicted octanol–water partition coefficient (Wildman–Crippen LogP) is 2.28. The lowest BCUT2D eigenvalue weighted by Gasteiger charge is -2.18. The molecule has 0 saturated heterocycles. The van der Waals surface area contributed by atoms with Gasteiger partial charge in [-0.25, -0.2) is 0 Å². The van der Waals surface area contributed by atoms with Crippen LogP contribution in [-0.2, 0) is 9.53 Å². The Morgan fingerprint density at radius 1 is 1.67 bits per heavy atom. The van der Waals surface area contributed by atoms with Gasteiger partial charge in [0.25, 0.3) is 0 Å². The second-order valence-corrected chi connectivity index (χ2v) is 4.47. The molecule has 1 heterocycles. The van der Waals surface area contributed by atoms with Crippen molar-refractivity contribution >= 4 is 23.4 Å². The minimum Gasteiger partial charge on any atom is -0.465 e. The number of hydrogen-bond donors (Lipinski definition) is 0. The van der Waals surface area contributed by atoms with Gasteiger partial charge in [0.05, 0.1) is 6.61 Å². The maximum Gasteiger partial charge on any atom is 0.320 e. The summed E-state index contributed by atoms with van der Waals surface area (Å²) >= 11 is 1.52. The number of allylic oxidation sites excluding steroid dienone is 2. The first-order chi connectivity index (χ1) is 7.10. The Morgan fingerprint density at radius 3 is 2.73 bits per heavy atom. The van der Waals surface area contributed by atoms with Gasteiger partial charge < -0.3 is 4.74 Å². The van der Waals surface area contributed by atoms with Crippen molar-refractivity contribution in [2.75, 3.05) is 12.9 Å². The molecule has 0 fully saturated rings. The maximum atomic E-state index is 11.7. The molecule has 0 aromatic rings. The molecule has 3 nitrogen and oxygen atoms in total. The van der Waals surface area contributed by atoms with Gasteiger partial charge >= 0.3 is 5.97 Å². The fourth-order valence-electron chi connectivity index (χ4n) is 1.69. The maximum absolute atomic E-state index is 11.7. The van der Waals surface area contributed by atoms with Crippen LogP contribution in [0.5, 0.6) is 0 Å². The Hall–Kier alpha value is -0.770. The van der Waals surface area contributed by atoms with Crippen LogP contribution in [0.15, 0.2) is 16.8 Å². The lowest BCUT2D eigenvalue weighted by atomic mass is 10.0. The summed E-state index contributed by atoms with van der Waals surface area (Å²) in [4.78, 5) is 16.0. The van der Waals surface area contributed by atoms with E-state index < -0.39 is 0 Å². The van der Waals surface area contributed by atoms with Gasteiger partial charge in [-0.05, 0) is 27.0 Å². The van der Waals surface area contributed by atoms with Gasteiger partial charge in [0.2, 0.25) is 0 Å². The van der Waals surface area contributed by atoms with Crippen LogP contribution in [-0.4, -0.2) is 29.8 Å². The van der Waals surface area contributed by atoms with E-state index in [0.29, 0.717) is 6.61 Å². The molecular weight excluding hydrogens is 210 g/mol. The summed E-state index contributed by atoms with van der Waals surface area (Å²) in [5.41, 5.74) is 1.99. The third kappa shape index (κ3) is 2.84. The van der Waals surface area contributed by atoms with Crippen LogP contribution in [0.4, 0.5) is 0 Å². The van der Waals surface area contributed by atoms with Crippen LogP contribution in [0.3, 0.4) is 0 Å². The first-order valence-electron chi connectivity index (χ1n) is 5.03. The van der Waals surface area contributed by atoms with Gasteiger partial charge in [0, 0.05) is 17.3 Å². The Bertz CT molecular complexity index is 310. The molecule has 0 N–H and O–H groups in total. The number of ether oxygens (including phenoxy) is 1. The van der Waals surface area contributed by atoms with Crippen LogP contribution in [0.2, 0.25) is 0 Å². The van der Waals surface area contributed by atoms with Gasteiger partial charge in [-0.15, -0.1) is 11.8 Å². The fraction of sp³-hybridized carbons (Fsp3) is 0.636. The van der Waals surface area contributed by atoms with E-state index >= 15 is 0 Å². The number of aliphatic imine (C=N–C) groups is 1. The summed E-state index contributed by atoms with van der Waals surface area (Å²) in [5, 5.41) is -0.161. The molecular formula is C11H17NO2S. The highest BCUT2D eigenvalue weighted by molar-refractivity contribution is 7.99. The zero-order chi connectivity index (χ0) is 11.4. The Kier molecular flexibility index (Phi) is 4.39. The van der Waals surface area contributed by atoms with Crippen LogP contribution in [0.1, 0.15) is 20.8 Å². The first-order valence-corrected chi connectivity index (χ1v) is 6.32. The standard InChI is InChI=1S/C11H17NO2S/c1-5-14-11(13)10(15-4)9-6-7(2)12-8(9)3/h6,9-10H,5H2,1-4H3. The molecule has 1 aliphatic heterocycles. The highest BCUT2D eigenvalue weighted by atomic mass is 32.2. The highest BCUT2D eigenvalue weighted by Crippen LogP contribution is 2.27. The molecule has 4 heteroatoms. The smallest absolute Gasteiger partial charge is 0.320 e. The zero-order valence-electron chi connectivity index (χ0n) is 9.61. The SMILES string of the molecule is CCOC(=O)C(SC)C1C=C(C)N=C1C. The molecule has 0 radical (unpaired) electrons. The third-order valence-corrected chi connectivity index (χ3v) is 3.35. The number of esters is 1. The van der Waals surface area contributed by atoms with E-state index in [1.807, 2.05) is 33.1 Å². The summed E-state index contributed by atoms with van der Waals surface area (Å²) in [7, 11) is 0. The molecule has 1 aliphatic rings. The molecule has 2 atom stereocenters. The molecule has 0 aromatic heterocycles. The van der Waals surface area contributed by atoms with Crippen molar-refractivity contribution in [2.24, 2.45) is 10.9 Å². The van der Waals surface area contributed by atoms with Gasteiger partial charge in [0.1, 0.15) is 5.25 Å². The van der Waals surface area contributed by atoms with E-state index in [1.165, 1.54) is 11.8 Å². The molecule has 0 amide bonds. The lowest BCUT2D eigenvalue weighted by Crippen LogP contribution is -2.30. The van der Waals surface area contributed by atoms with Crippen LogP contribution in [0, 0.1) is 5.92 Å². The largest absolute Gasteiger partial charge is 0.465 e. The van der Waals surface area contributed by atoms with Crippen LogP contribution < -0.4 is 0 Å². The molecule has 1 rings (SSSR count). The van der Waals surface area contributed by atoms with Crippen LogP contribution >= 0.6 is 11.8 Å². The summed E-state index contributed by atoms with van der Waals surface area (Å²) in [5.74, 6) is -0.0467. The van der Waals surface area contributed by atoms with E-state index in [4.69, 9.17) is 4.74 Å². The summed E-state index contributed by atoms with van der Waals surface area (Å²) in [6, 6.07) is 0. The predicted molar refractivity (Wildman–Crippen MR) is 64.3 cm³/mol. The van der Waals surface area contributed by atoms with Crippen molar-refractivity contribution in [1.29, 1.82) is 0 Å². The van der Waals surface area contributed by atoms with E-state index in [1.54, 1.807) is 0 Å². The molecule has 15 heavy (non-hydrogen) atoms. The monoisotopic (exact) mass is 227 g/mol. The number of hydrogen-bond acceptors (Lipinski definition) is 4. The molecule has 84 valence electrons. The second-order valence-electron chi connectivity index (χ2n) is 3.50. The van der Waals surface area contributed by atoms with E-state index in [-0.39, 0.29) is 17.1 Å². The number of thioether (sulfide) groups is 1. The molecule has 0 spiro atoms. The van der Waals surface area contributed by atoms with E-state index in [2.05, 4.69) is 4.99 Å². The van der Waals surface area contributed by atoms with E-state index in [9.17, 15) is 4.79 Å². The van der Waals surface area contributed by atoms with Crippen molar-refractivity contribution in [3.63, 3.8) is 0 Å². The topological polar surface area (TPSA) is 38.7 Å². The summed E-state index contributed by atoms with van der Waals surface area (Å²) in [6.07, 6.45) is 3.96. The van der Waals surface area contributed by atoms with Gasteiger partial charge in [-0.1, -0.05) is 6.08 Å². The summed E-state index contributed by atoms with van der Waals surface area (Å²) in [6.45, 7) is 6.17. The fourth-order valence-corrected chi connectivity index (χ4v) is 2.52. The quantitative estimate of drug-likeness (QED) is 0.692. The number of rotatable bonds is 4. The first kappa shape index (κ1) is 12.3. The Morgan fingerprint density at radius 2 is 2.33 bits per heavy atom. The Balaban J connectivity index is 2.76.